The second-order valence-corrected chi connectivity index (χ2v) is 6.23. The first-order valence-corrected chi connectivity index (χ1v) is 7.74. The van der Waals surface area contributed by atoms with Gasteiger partial charge in [-0.05, 0) is 49.4 Å². The second-order valence-electron chi connectivity index (χ2n) is 6.23. The zero-order valence-corrected chi connectivity index (χ0v) is 13.1. The third-order valence-electron chi connectivity index (χ3n) is 4.01. The van der Waals surface area contributed by atoms with Gasteiger partial charge in [0.05, 0.1) is 7.11 Å². The van der Waals surface area contributed by atoms with Gasteiger partial charge in [0, 0.05) is 24.7 Å². The van der Waals surface area contributed by atoms with Crippen LogP contribution >= 0.6 is 0 Å². The molecule has 2 N–H and O–H groups in total. The SMILES string of the molecule is COc1ccc(CN(CCC(C)C)C2CC2)cc1CN. The van der Waals surface area contributed by atoms with E-state index >= 15 is 0 Å². The van der Waals surface area contributed by atoms with E-state index in [2.05, 4.69) is 30.9 Å². The Kier molecular flexibility index (Phi) is 5.44. The van der Waals surface area contributed by atoms with Crippen LogP contribution in [0.5, 0.6) is 5.75 Å². The van der Waals surface area contributed by atoms with Crippen molar-refractivity contribution in [3.8, 4) is 5.75 Å². The molecular formula is C17H28N2O. The molecule has 112 valence electrons. The summed E-state index contributed by atoms with van der Waals surface area (Å²) >= 11 is 0. The zero-order chi connectivity index (χ0) is 14.5. The van der Waals surface area contributed by atoms with Crippen LogP contribution in [-0.4, -0.2) is 24.6 Å². The molecular weight excluding hydrogens is 248 g/mol. The molecule has 0 bridgehead atoms. The predicted molar refractivity (Wildman–Crippen MR) is 83.8 cm³/mol. The Hall–Kier alpha value is -1.06. The summed E-state index contributed by atoms with van der Waals surface area (Å²) < 4.78 is 5.34. The molecule has 0 unspecified atom stereocenters. The summed E-state index contributed by atoms with van der Waals surface area (Å²) in [6, 6.07) is 7.22. The van der Waals surface area contributed by atoms with Crippen molar-refractivity contribution in [1.29, 1.82) is 0 Å². The minimum Gasteiger partial charge on any atom is -0.496 e. The van der Waals surface area contributed by atoms with Crippen molar-refractivity contribution in [2.45, 2.75) is 52.2 Å². The normalized spacial score (nSPS) is 15.1. The fourth-order valence-corrected chi connectivity index (χ4v) is 2.58. The minimum absolute atomic E-state index is 0.534. The van der Waals surface area contributed by atoms with E-state index in [1.807, 2.05) is 6.07 Å². The van der Waals surface area contributed by atoms with Crippen LogP contribution in [-0.2, 0) is 13.1 Å². The van der Waals surface area contributed by atoms with Crippen molar-refractivity contribution < 1.29 is 4.74 Å². The molecule has 2 rings (SSSR count). The van der Waals surface area contributed by atoms with E-state index in [0.717, 1.165) is 29.8 Å². The molecule has 1 fully saturated rings. The van der Waals surface area contributed by atoms with Crippen LogP contribution in [0.2, 0.25) is 0 Å². The van der Waals surface area contributed by atoms with Gasteiger partial charge >= 0.3 is 0 Å². The second kappa shape index (κ2) is 7.09. The highest BCUT2D eigenvalue weighted by atomic mass is 16.5. The molecule has 0 aromatic heterocycles. The Balaban J connectivity index is 2.02. The van der Waals surface area contributed by atoms with E-state index in [9.17, 15) is 0 Å². The molecule has 0 atom stereocenters. The first-order chi connectivity index (χ1) is 9.63. The van der Waals surface area contributed by atoms with Crippen LogP contribution in [0.3, 0.4) is 0 Å². The molecule has 3 heteroatoms. The van der Waals surface area contributed by atoms with E-state index in [1.54, 1.807) is 7.11 Å². The van der Waals surface area contributed by atoms with Crippen molar-refractivity contribution in [2.24, 2.45) is 11.7 Å². The minimum atomic E-state index is 0.534. The van der Waals surface area contributed by atoms with Gasteiger partial charge in [-0.2, -0.15) is 0 Å². The Labute approximate surface area is 123 Å². The quantitative estimate of drug-likeness (QED) is 0.792. The van der Waals surface area contributed by atoms with Gasteiger partial charge in [-0.25, -0.2) is 0 Å². The van der Waals surface area contributed by atoms with Gasteiger partial charge in [-0.3, -0.25) is 4.90 Å². The predicted octanol–water partition coefficient (Wildman–Crippen LogP) is 3.16. The number of methoxy groups -OCH3 is 1. The maximum atomic E-state index is 5.80. The number of rotatable bonds is 8. The number of nitrogens with zero attached hydrogens (tertiary/aromatic N) is 1. The number of hydrogen-bond donors (Lipinski definition) is 1. The smallest absolute Gasteiger partial charge is 0.123 e. The van der Waals surface area contributed by atoms with Crippen LogP contribution in [0.4, 0.5) is 0 Å². The van der Waals surface area contributed by atoms with Crippen LogP contribution in [0.15, 0.2) is 18.2 Å². The summed E-state index contributed by atoms with van der Waals surface area (Å²) in [5, 5.41) is 0. The maximum absolute atomic E-state index is 5.80. The van der Waals surface area contributed by atoms with Crippen LogP contribution in [0.25, 0.3) is 0 Å². The summed E-state index contributed by atoms with van der Waals surface area (Å²) in [5.74, 6) is 1.67. The molecule has 3 nitrogen and oxygen atoms in total. The molecule has 0 saturated heterocycles. The lowest BCUT2D eigenvalue weighted by Crippen LogP contribution is -2.27. The Morgan fingerprint density at radius 2 is 2.10 bits per heavy atom. The first-order valence-electron chi connectivity index (χ1n) is 7.74. The average molecular weight is 276 g/mol. The third-order valence-corrected chi connectivity index (χ3v) is 4.01. The Bertz CT molecular complexity index is 427. The van der Waals surface area contributed by atoms with E-state index in [-0.39, 0.29) is 0 Å². The molecule has 1 aromatic rings. The lowest BCUT2D eigenvalue weighted by Gasteiger charge is -2.23. The fraction of sp³-hybridized carbons (Fsp3) is 0.647. The molecule has 0 heterocycles. The monoisotopic (exact) mass is 276 g/mol. The summed E-state index contributed by atoms with van der Waals surface area (Å²) in [4.78, 5) is 2.63. The molecule has 1 saturated carbocycles. The van der Waals surface area contributed by atoms with Gasteiger partial charge in [0.15, 0.2) is 0 Å². The largest absolute Gasteiger partial charge is 0.496 e. The third kappa shape index (κ3) is 4.22. The average Bonchev–Trinajstić information content (AvgIpc) is 3.27. The molecule has 1 aromatic carbocycles. The highest BCUT2D eigenvalue weighted by Crippen LogP contribution is 2.29. The van der Waals surface area contributed by atoms with Gasteiger partial charge < -0.3 is 10.5 Å². The maximum Gasteiger partial charge on any atom is 0.123 e. The highest BCUT2D eigenvalue weighted by Gasteiger charge is 2.28. The van der Waals surface area contributed by atoms with Crippen LogP contribution in [0, 0.1) is 5.92 Å². The summed E-state index contributed by atoms with van der Waals surface area (Å²) in [6.07, 6.45) is 3.99. The van der Waals surface area contributed by atoms with Gasteiger partial charge in [0.1, 0.15) is 5.75 Å². The molecule has 0 spiro atoms. The number of ether oxygens (including phenoxy) is 1. The first kappa shape index (κ1) is 15.3. The zero-order valence-electron chi connectivity index (χ0n) is 13.1. The van der Waals surface area contributed by atoms with Crippen LogP contribution < -0.4 is 10.5 Å². The lowest BCUT2D eigenvalue weighted by molar-refractivity contribution is 0.239. The molecule has 0 radical (unpaired) electrons. The fourth-order valence-electron chi connectivity index (χ4n) is 2.58. The topological polar surface area (TPSA) is 38.5 Å². The van der Waals surface area contributed by atoms with Crippen molar-refractivity contribution in [2.75, 3.05) is 13.7 Å². The molecule has 0 aliphatic heterocycles. The number of hydrogen-bond acceptors (Lipinski definition) is 3. The van der Waals surface area contributed by atoms with E-state index in [4.69, 9.17) is 10.5 Å². The molecule has 1 aliphatic rings. The molecule has 20 heavy (non-hydrogen) atoms. The standard InChI is InChI=1S/C17H28N2O/c1-13(2)8-9-19(16-5-6-16)12-14-4-7-17(20-3)15(10-14)11-18/h4,7,10,13,16H,5-6,8-9,11-12,18H2,1-3H3. The molecule has 1 aliphatic carbocycles. The van der Waals surface area contributed by atoms with Gasteiger partial charge in [-0.1, -0.05) is 19.9 Å². The lowest BCUT2D eigenvalue weighted by atomic mass is 10.1. The Morgan fingerprint density at radius 3 is 2.65 bits per heavy atom. The summed E-state index contributed by atoms with van der Waals surface area (Å²) in [6.45, 7) is 7.36. The highest BCUT2D eigenvalue weighted by molar-refractivity contribution is 5.37. The molecule has 0 amide bonds. The van der Waals surface area contributed by atoms with Crippen molar-refractivity contribution in [3.05, 3.63) is 29.3 Å². The van der Waals surface area contributed by atoms with Crippen molar-refractivity contribution in [3.63, 3.8) is 0 Å². The summed E-state index contributed by atoms with van der Waals surface area (Å²) in [5.41, 5.74) is 8.25. The number of benzene rings is 1. The van der Waals surface area contributed by atoms with Gasteiger partial charge in [0.2, 0.25) is 0 Å². The van der Waals surface area contributed by atoms with E-state index in [1.165, 1.54) is 31.4 Å². The van der Waals surface area contributed by atoms with Crippen LogP contribution in [0.1, 0.15) is 44.2 Å². The summed E-state index contributed by atoms with van der Waals surface area (Å²) in [7, 11) is 1.70. The van der Waals surface area contributed by atoms with Crippen molar-refractivity contribution >= 4 is 0 Å². The van der Waals surface area contributed by atoms with E-state index < -0.39 is 0 Å². The van der Waals surface area contributed by atoms with Gasteiger partial charge in [0.25, 0.3) is 0 Å². The Morgan fingerprint density at radius 1 is 1.35 bits per heavy atom. The number of nitrogens with two attached hydrogens (primary N) is 1. The van der Waals surface area contributed by atoms with Crippen molar-refractivity contribution in [1.82, 2.24) is 4.90 Å². The van der Waals surface area contributed by atoms with Gasteiger partial charge in [-0.15, -0.1) is 0 Å². The van der Waals surface area contributed by atoms with E-state index in [0.29, 0.717) is 6.54 Å².